The van der Waals surface area contributed by atoms with E-state index >= 15 is 0 Å². The molecule has 3 rings (SSSR count). The number of hydrogen-bond donors (Lipinski definition) is 1. The van der Waals surface area contributed by atoms with E-state index in [9.17, 15) is 9.18 Å². The molecule has 21 heavy (non-hydrogen) atoms. The van der Waals surface area contributed by atoms with Crippen LogP contribution in [0.25, 0.3) is 0 Å². The van der Waals surface area contributed by atoms with Gasteiger partial charge in [0.2, 0.25) is 0 Å². The van der Waals surface area contributed by atoms with Crippen molar-refractivity contribution in [1.29, 1.82) is 0 Å². The van der Waals surface area contributed by atoms with E-state index in [0.717, 1.165) is 30.9 Å². The lowest BCUT2D eigenvalue weighted by Gasteiger charge is -2.32. The molecule has 6 heteroatoms. The summed E-state index contributed by atoms with van der Waals surface area (Å²) in [5, 5.41) is 2.98. The number of imidazole rings is 1. The van der Waals surface area contributed by atoms with Crippen LogP contribution in [0.3, 0.4) is 0 Å². The molecule has 1 saturated heterocycles. The van der Waals surface area contributed by atoms with Crippen molar-refractivity contribution in [3.63, 3.8) is 0 Å². The van der Waals surface area contributed by atoms with Gasteiger partial charge in [0.1, 0.15) is 17.7 Å². The average Bonchev–Trinajstić information content (AvgIpc) is 2.81. The zero-order valence-corrected chi connectivity index (χ0v) is 11.8. The van der Waals surface area contributed by atoms with Crippen LogP contribution in [0.15, 0.2) is 36.7 Å². The molecule has 0 spiro atoms. The van der Waals surface area contributed by atoms with Gasteiger partial charge in [-0.15, -0.1) is 0 Å². The molecule has 1 atom stereocenters. The maximum absolute atomic E-state index is 13.1. The van der Waals surface area contributed by atoms with Crippen molar-refractivity contribution in [3.8, 4) is 0 Å². The summed E-state index contributed by atoms with van der Waals surface area (Å²) in [6.45, 7) is 1.56. The van der Waals surface area contributed by atoms with Gasteiger partial charge in [0.05, 0.1) is 0 Å². The first-order valence-electron chi connectivity index (χ1n) is 6.93. The van der Waals surface area contributed by atoms with E-state index in [1.165, 1.54) is 12.1 Å². The van der Waals surface area contributed by atoms with Crippen molar-refractivity contribution in [1.82, 2.24) is 19.8 Å². The topological polar surface area (TPSA) is 50.2 Å². The third-order valence-corrected chi connectivity index (χ3v) is 3.73. The zero-order chi connectivity index (χ0) is 14.8. The Kier molecular flexibility index (Phi) is 3.60. The van der Waals surface area contributed by atoms with Gasteiger partial charge >= 0.3 is 6.03 Å². The van der Waals surface area contributed by atoms with E-state index < -0.39 is 6.04 Å². The van der Waals surface area contributed by atoms with E-state index in [1.54, 1.807) is 23.2 Å². The van der Waals surface area contributed by atoms with Gasteiger partial charge in [-0.05, 0) is 24.1 Å². The Morgan fingerprint density at radius 1 is 1.33 bits per heavy atom. The minimum Gasteiger partial charge on any atom is -0.336 e. The Labute approximate surface area is 122 Å². The molecule has 0 bridgehead atoms. The molecule has 110 valence electrons. The molecule has 1 unspecified atom stereocenters. The number of urea groups is 1. The molecular weight excluding hydrogens is 271 g/mol. The van der Waals surface area contributed by atoms with Crippen molar-refractivity contribution in [2.24, 2.45) is 7.05 Å². The maximum atomic E-state index is 13.1. The number of benzene rings is 1. The molecule has 1 N–H and O–H groups in total. The third-order valence-electron chi connectivity index (χ3n) is 3.73. The highest BCUT2D eigenvalue weighted by Gasteiger charge is 2.26. The Balaban J connectivity index is 1.89. The lowest BCUT2D eigenvalue weighted by atomic mass is 10.1. The summed E-state index contributed by atoms with van der Waals surface area (Å²) in [6, 6.07) is 5.62. The van der Waals surface area contributed by atoms with Crippen molar-refractivity contribution in [2.75, 3.05) is 13.1 Å². The van der Waals surface area contributed by atoms with Gasteiger partial charge < -0.3 is 14.8 Å². The molecule has 2 heterocycles. The SMILES string of the molecule is Cn1ccnc1C(NC(=O)N1CCC1)c1ccc(F)cc1. The highest BCUT2D eigenvalue weighted by Crippen LogP contribution is 2.21. The standard InChI is InChI=1S/C15H17FN4O/c1-19-10-7-17-14(19)13(11-3-5-12(16)6-4-11)18-15(21)20-8-2-9-20/h3-7,10,13H,2,8-9H2,1H3,(H,18,21). The second-order valence-corrected chi connectivity index (χ2v) is 5.17. The van der Waals surface area contributed by atoms with Gasteiger partial charge in [0.15, 0.2) is 0 Å². The Hall–Kier alpha value is -2.37. The molecule has 0 aliphatic carbocycles. The number of likely N-dealkylation sites (tertiary alicyclic amines) is 1. The number of nitrogens with zero attached hydrogens (tertiary/aromatic N) is 3. The van der Waals surface area contributed by atoms with Crippen molar-refractivity contribution in [3.05, 3.63) is 53.9 Å². The van der Waals surface area contributed by atoms with Crippen LogP contribution in [0.5, 0.6) is 0 Å². The van der Waals surface area contributed by atoms with E-state index in [0.29, 0.717) is 0 Å². The minimum atomic E-state index is -0.390. The molecule has 2 amide bonds. The zero-order valence-electron chi connectivity index (χ0n) is 11.8. The summed E-state index contributed by atoms with van der Waals surface area (Å²) in [4.78, 5) is 18.2. The van der Waals surface area contributed by atoms with Gasteiger partial charge in [0, 0.05) is 32.5 Å². The van der Waals surface area contributed by atoms with Crippen LogP contribution in [0.1, 0.15) is 23.9 Å². The fourth-order valence-electron chi connectivity index (χ4n) is 2.34. The van der Waals surface area contributed by atoms with Gasteiger partial charge in [-0.1, -0.05) is 12.1 Å². The molecule has 2 aromatic rings. The Bertz CT molecular complexity index is 633. The first kappa shape index (κ1) is 13.6. The van der Waals surface area contributed by atoms with Gasteiger partial charge in [-0.25, -0.2) is 14.2 Å². The largest absolute Gasteiger partial charge is 0.336 e. The molecule has 1 aliphatic heterocycles. The number of rotatable bonds is 3. The van der Waals surface area contributed by atoms with Crippen LogP contribution in [0.2, 0.25) is 0 Å². The van der Waals surface area contributed by atoms with Crippen molar-refractivity contribution in [2.45, 2.75) is 12.5 Å². The minimum absolute atomic E-state index is 0.112. The summed E-state index contributed by atoms with van der Waals surface area (Å²) in [5.74, 6) is 0.418. The molecule has 1 aromatic carbocycles. The van der Waals surface area contributed by atoms with Crippen LogP contribution < -0.4 is 5.32 Å². The van der Waals surface area contributed by atoms with Crippen LogP contribution in [0.4, 0.5) is 9.18 Å². The number of nitrogens with one attached hydrogen (secondary N) is 1. The molecule has 5 nitrogen and oxygen atoms in total. The summed E-state index contributed by atoms with van der Waals surface area (Å²) < 4.78 is 15.0. The molecular formula is C15H17FN4O. The first-order chi connectivity index (χ1) is 10.1. The molecule has 1 aromatic heterocycles. The summed E-state index contributed by atoms with van der Waals surface area (Å²) in [6.07, 6.45) is 4.54. The van der Waals surface area contributed by atoms with Gasteiger partial charge in [-0.2, -0.15) is 0 Å². The second kappa shape index (κ2) is 5.55. The summed E-state index contributed by atoms with van der Waals surface area (Å²) >= 11 is 0. The molecule has 1 aliphatic rings. The fourth-order valence-corrected chi connectivity index (χ4v) is 2.34. The second-order valence-electron chi connectivity index (χ2n) is 5.17. The van der Waals surface area contributed by atoms with Gasteiger partial charge in [0.25, 0.3) is 0 Å². The van der Waals surface area contributed by atoms with Crippen molar-refractivity contribution < 1.29 is 9.18 Å². The number of aromatic nitrogens is 2. The van der Waals surface area contributed by atoms with Gasteiger partial charge in [-0.3, -0.25) is 0 Å². The molecule has 0 saturated carbocycles. The average molecular weight is 288 g/mol. The van der Waals surface area contributed by atoms with Crippen LogP contribution in [-0.2, 0) is 7.05 Å². The fraction of sp³-hybridized carbons (Fsp3) is 0.333. The van der Waals surface area contributed by atoms with E-state index in [1.807, 2.05) is 17.8 Å². The normalized spacial score (nSPS) is 15.4. The number of halogens is 1. The van der Waals surface area contributed by atoms with Crippen molar-refractivity contribution >= 4 is 6.03 Å². The lowest BCUT2D eigenvalue weighted by molar-refractivity contribution is 0.165. The molecule has 0 radical (unpaired) electrons. The van der Waals surface area contributed by atoms with E-state index in [2.05, 4.69) is 10.3 Å². The van der Waals surface area contributed by atoms with Crippen LogP contribution >= 0.6 is 0 Å². The quantitative estimate of drug-likeness (QED) is 0.940. The smallest absolute Gasteiger partial charge is 0.318 e. The highest BCUT2D eigenvalue weighted by atomic mass is 19.1. The predicted octanol–water partition coefficient (Wildman–Crippen LogP) is 2.06. The van der Waals surface area contributed by atoms with Crippen LogP contribution in [0, 0.1) is 5.82 Å². The maximum Gasteiger partial charge on any atom is 0.318 e. The predicted molar refractivity (Wildman–Crippen MR) is 76.2 cm³/mol. The number of carbonyl (C=O) groups excluding carboxylic acids is 1. The summed E-state index contributed by atoms with van der Waals surface area (Å²) in [5.41, 5.74) is 0.805. The number of carbonyl (C=O) groups is 1. The lowest BCUT2D eigenvalue weighted by Crippen LogP contribution is -2.49. The van der Waals surface area contributed by atoms with Crippen LogP contribution in [-0.4, -0.2) is 33.6 Å². The monoisotopic (exact) mass is 288 g/mol. The van der Waals surface area contributed by atoms with E-state index in [-0.39, 0.29) is 11.8 Å². The summed E-state index contributed by atoms with van der Waals surface area (Å²) in [7, 11) is 1.87. The Morgan fingerprint density at radius 3 is 2.57 bits per heavy atom. The third kappa shape index (κ3) is 2.74. The van der Waals surface area contributed by atoms with E-state index in [4.69, 9.17) is 0 Å². The highest BCUT2D eigenvalue weighted by molar-refractivity contribution is 5.75. The number of amides is 2. The number of aryl methyl sites for hydroxylation is 1. The number of hydrogen-bond acceptors (Lipinski definition) is 2. The first-order valence-corrected chi connectivity index (χ1v) is 6.93. The molecule has 1 fully saturated rings. The Morgan fingerprint density at radius 2 is 2.05 bits per heavy atom.